The van der Waals surface area contributed by atoms with Gasteiger partial charge in [0.15, 0.2) is 0 Å². The van der Waals surface area contributed by atoms with Crippen molar-refractivity contribution >= 4 is 16.9 Å². The van der Waals surface area contributed by atoms with E-state index in [1.165, 1.54) is 0 Å². The lowest BCUT2D eigenvalue weighted by atomic mass is 10.0. The maximum Gasteiger partial charge on any atom is 0.344 e. The van der Waals surface area contributed by atoms with E-state index in [4.69, 9.17) is 9.15 Å². The monoisotopic (exact) mass is 378 g/mol. The molecule has 0 aliphatic carbocycles. The topological polar surface area (TPSA) is 80.6 Å². The van der Waals surface area contributed by atoms with Crippen LogP contribution in [-0.4, -0.2) is 38.3 Å². The lowest BCUT2D eigenvalue weighted by molar-refractivity contribution is 0.0733. The van der Waals surface area contributed by atoms with Gasteiger partial charge in [-0.25, -0.2) is 4.79 Å². The summed E-state index contributed by atoms with van der Waals surface area (Å²) in [5.74, 6) is -0.163. The van der Waals surface area contributed by atoms with E-state index in [1.807, 2.05) is 18.2 Å². The number of rotatable bonds is 5. The zero-order valence-electron chi connectivity index (χ0n) is 15.4. The van der Waals surface area contributed by atoms with E-state index in [2.05, 4.69) is 10.6 Å². The van der Waals surface area contributed by atoms with Gasteiger partial charge in [-0.2, -0.15) is 0 Å². The number of fused-ring (bicyclic) bond motifs is 1. The third-order valence-electron chi connectivity index (χ3n) is 4.85. The van der Waals surface area contributed by atoms with E-state index >= 15 is 0 Å². The number of carbonyl (C=O) groups is 1. The summed E-state index contributed by atoms with van der Waals surface area (Å²) in [5, 5.41) is 7.14. The average Bonchev–Trinajstić information content (AvgIpc) is 2.74. The van der Waals surface area contributed by atoms with Gasteiger partial charge in [0.05, 0.1) is 18.8 Å². The van der Waals surface area contributed by atoms with Crippen LogP contribution in [0.4, 0.5) is 0 Å². The molecule has 2 heterocycles. The highest BCUT2D eigenvalue weighted by atomic mass is 16.5. The molecular weight excluding hydrogens is 356 g/mol. The minimum Gasteiger partial charge on any atom is -0.422 e. The fourth-order valence-electron chi connectivity index (χ4n) is 3.36. The van der Waals surface area contributed by atoms with E-state index in [-0.39, 0.29) is 11.9 Å². The van der Waals surface area contributed by atoms with Crippen molar-refractivity contribution in [2.75, 3.05) is 26.3 Å². The number of nitrogens with one attached hydrogen (secondary N) is 2. The highest BCUT2D eigenvalue weighted by Gasteiger charge is 2.14. The summed E-state index contributed by atoms with van der Waals surface area (Å²) in [6, 6.07) is 16.5. The average molecular weight is 378 g/mol. The Labute approximate surface area is 162 Å². The number of para-hydroxylation sites is 1. The highest BCUT2D eigenvalue weighted by molar-refractivity contribution is 5.95. The predicted octanol–water partition coefficient (Wildman–Crippen LogP) is 2.57. The van der Waals surface area contributed by atoms with Crippen LogP contribution in [0.2, 0.25) is 0 Å². The number of hydrogen-bond donors (Lipinski definition) is 2. The number of morpholine rings is 1. The molecule has 1 unspecified atom stereocenters. The molecule has 0 spiro atoms. The van der Waals surface area contributed by atoms with Gasteiger partial charge in [0, 0.05) is 30.1 Å². The van der Waals surface area contributed by atoms with Gasteiger partial charge < -0.3 is 19.8 Å². The first kappa shape index (κ1) is 18.4. The van der Waals surface area contributed by atoms with Crippen LogP contribution in [-0.2, 0) is 4.74 Å². The van der Waals surface area contributed by atoms with E-state index in [9.17, 15) is 9.59 Å². The van der Waals surface area contributed by atoms with Crippen molar-refractivity contribution in [3.05, 3.63) is 70.6 Å². The number of ether oxygens (including phenoxy) is 1. The molecule has 1 aromatic heterocycles. The fraction of sp³-hybridized carbons (Fsp3) is 0.273. The summed E-state index contributed by atoms with van der Waals surface area (Å²) in [6.07, 6.45) is 0.805. The second-order valence-electron chi connectivity index (χ2n) is 6.84. The van der Waals surface area contributed by atoms with E-state index in [0.717, 1.165) is 25.0 Å². The Morgan fingerprint density at radius 1 is 1.14 bits per heavy atom. The van der Waals surface area contributed by atoms with Gasteiger partial charge in [0.1, 0.15) is 5.58 Å². The minimum absolute atomic E-state index is 0.163. The molecule has 6 nitrogen and oxygen atoms in total. The second kappa shape index (κ2) is 8.37. The number of benzene rings is 2. The van der Waals surface area contributed by atoms with Gasteiger partial charge in [0.25, 0.3) is 5.91 Å². The lowest BCUT2D eigenvalue weighted by Gasteiger charge is -2.23. The Morgan fingerprint density at radius 2 is 2.04 bits per heavy atom. The van der Waals surface area contributed by atoms with E-state index in [1.54, 1.807) is 36.4 Å². The molecule has 1 fully saturated rings. The Bertz CT molecular complexity index is 1040. The van der Waals surface area contributed by atoms with Crippen molar-refractivity contribution in [1.82, 2.24) is 10.6 Å². The molecule has 1 amide bonds. The van der Waals surface area contributed by atoms with Gasteiger partial charge in [-0.1, -0.05) is 30.3 Å². The zero-order valence-corrected chi connectivity index (χ0v) is 15.4. The number of hydrogen-bond acceptors (Lipinski definition) is 5. The van der Waals surface area contributed by atoms with Crippen LogP contribution in [0.1, 0.15) is 16.8 Å². The highest BCUT2D eigenvalue weighted by Crippen LogP contribution is 2.22. The van der Waals surface area contributed by atoms with Crippen molar-refractivity contribution in [3.63, 3.8) is 0 Å². The van der Waals surface area contributed by atoms with Crippen LogP contribution >= 0.6 is 0 Å². The maximum absolute atomic E-state index is 12.5. The van der Waals surface area contributed by atoms with Gasteiger partial charge in [-0.3, -0.25) is 4.79 Å². The Balaban J connectivity index is 1.49. The van der Waals surface area contributed by atoms with Crippen LogP contribution in [0.15, 0.2) is 63.8 Å². The first-order chi connectivity index (χ1) is 13.7. The van der Waals surface area contributed by atoms with Gasteiger partial charge in [-0.05, 0) is 36.2 Å². The molecule has 28 heavy (non-hydrogen) atoms. The molecule has 0 bridgehead atoms. The molecule has 2 aromatic carbocycles. The van der Waals surface area contributed by atoms with Gasteiger partial charge >= 0.3 is 5.63 Å². The first-order valence-electron chi connectivity index (χ1n) is 9.43. The second-order valence-corrected chi connectivity index (χ2v) is 6.84. The molecule has 1 saturated heterocycles. The Kier molecular flexibility index (Phi) is 5.50. The largest absolute Gasteiger partial charge is 0.422 e. The van der Waals surface area contributed by atoms with Crippen LogP contribution in [0.25, 0.3) is 22.1 Å². The van der Waals surface area contributed by atoms with Crippen LogP contribution in [0.3, 0.4) is 0 Å². The van der Waals surface area contributed by atoms with Crippen LogP contribution < -0.4 is 16.3 Å². The molecule has 1 aliphatic rings. The summed E-state index contributed by atoms with van der Waals surface area (Å²) in [6.45, 7) is 2.80. The van der Waals surface area contributed by atoms with Crippen molar-refractivity contribution in [1.29, 1.82) is 0 Å². The Hall–Kier alpha value is -2.96. The van der Waals surface area contributed by atoms with Crippen LogP contribution in [0.5, 0.6) is 0 Å². The summed E-state index contributed by atoms with van der Waals surface area (Å²) >= 11 is 0. The van der Waals surface area contributed by atoms with Crippen molar-refractivity contribution in [3.8, 4) is 11.1 Å². The van der Waals surface area contributed by atoms with Crippen molar-refractivity contribution < 1.29 is 13.9 Å². The molecule has 6 heteroatoms. The fourth-order valence-corrected chi connectivity index (χ4v) is 3.36. The van der Waals surface area contributed by atoms with Crippen molar-refractivity contribution in [2.24, 2.45) is 0 Å². The summed E-state index contributed by atoms with van der Waals surface area (Å²) in [7, 11) is 0. The van der Waals surface area contributed by atoms with Crippen LogP contribution in [0, 0.1) is 0 Å². The number of amides is 1. The predicted molar refractivity (Wildman–Crippen MR) is 107 cm³/mol. The SMILES string of the molecule is O=C(NCCC1COCCN1)c1cccc(-c2cc3ccccc3oc2=O)c1. The smallest absolute Gasteiger partial charge is 0.344 e. The molecule has 1 aliphatic heterocycles. The molecule has 0 radical (unpaired) electrons. The lowest BCUT2D eigenvalue weighted by Crippen LogP contribution is -2.43. The van der Waals surface area contributed by atoms with E-state index < -0.39 is 5.63 Å². The zero-order chi connectivity index (χ0) is 19.3. The summed E-state index contributed by atoms with van der Waals surface area (Å²) < 4.78 is 10.8. The summed E-state index contributed by atoms with van der Waals surface area (Å²) in [4.78, 5) is 24.9. The standard InChI is InChI=1S/C22H22N2O4/c25-21(24-9-8-18-14-27-11-10-23-18)17-6-3-5-15(12-17)19-13-16-4-1-2-7-20(16)28-22(19)26/h1-7,12-13,18,23H,8-11,14H2,(H,24,25). The molecule has 144 valence electrons. The molecule has 3 aromatic rings. The maximum atomic E-state index is 12.5. The Morgan fingerprint density at radius 3 is 2.89 bits per heavy atom. The normalized spacial score (nSPS) is 16.8. The molecule has 0 saturated carbocycles. The molecule has 2 N–H and O–H groups in total. The van der Waals surface area contributed by atoms with E-state index in [0.29, 0.717) is 35.4 Å². The van der Waals surface area contributed by atoms with Crippen molar-refractivity contribution in [2.45, 2.75) is 12.5 Å². The molecule has 4 rings (SSSR count). The third kappa shape index (κ3) is 4.13. The van der Waals surface area contributed by atoms with Gasteiger partial charge in [0.2, 0.25) is 0 Å². The first-order valence-corrected chi connectivity index (χ1v) is 9.43. The molecular formula is C22H22N2O4. The quantitative estimate of drug-likeness (QED) is 0.667. The molecule has 1 atom stereocenters. The number of carbonyl (C=O) groups excluding carboxylic acids is 1. The minimum atomic E-state index is -0.417. The van der Waals surface area contributed by atoms with Gasteiger partial charge in [-0.15, -0.1) is 0 Å². The third-order valence-corrected chi connectivity index (χ3v) is 4.85. The summed E-state index contributed by atoms with van der Waals surface area (Å²) in [5.41, 5.74) is 1.74.